The summed E-state index contributed by atoms with van der Waals surface area (Å²) in [5.41, 5.74) is 1.88. The van der Waals surface area contributed by atoms with Gasteiger partial charge in [0.25, 0.3) is 0 Å². The van der Waals surface area contributed by atoms with Crippen LogP contribution in [-0.4, -0.2) is 41.2 Å². The second-order valence-corrected chi connectivity index (χ2v) is 5.80. The number of amides is 2. The quantitative estimate of drug-likeness (QED) is 0.925. The van der Waals surface area contributed by atoms with Crippen molar-refractivity contribution in [2.75, 3.05) is 19.4 Å². The van der Waals surface area contributed by atoms with E-state index in [1.807, 2.05) is 31.2 Å². The fourth-order valence-electron chi connectivity index (χ4n) is 1.92. The van der Waals surface area contributed by atoms with Gasteiger partial charge >= 0.3 is 0 Å². The molecule has 0 saturated carbocycles. The smallest absolute Gasteiger partial charge is 0.242 e. The predicted octanol–water partition coefficient (Wildman–Crippen LogP) is 1.88. The number of aliphatic imine (C=N–C) groups is 1. The Labute approximate surface area is 122 Å². The lowest BCUT2D eigenvalue weighted by atomic mass is 10.2. The monoisotopic (exact) mass is 291 g/mol. The fourth-order valence-corrected chi connectivity index (χ4v) is 3.02. The van der Waals surface area contributed by atoms with Crippen molar-refractivity contribution in [3.05, 3.63) is 29.8 Å². The van der Waals surface area contributed by atoms with Crippen LogP contribution in [0, 0.1) is 6.92 Å². The van der Waals surface area contributed by atoms with Crippen molar-refractivity contribution in [2.24, 2.45) is 4.99 Å². The standard InChI is InChI=1S/C14H17N3O2S/c1-9-4-6-10(7-5-9)16-12(18)8-11-13(19)17(3)14(15-2)20-11/h4-7,11H,8H2,1-3H3,(H,16,18)/t11-/m0/s1. The van der Waals surface area contributed by atoms with Crippen LogP contribution >= 0.6 is 11.8 Å². The first-order valence-electron chi connectivity index (χ1n) is 6.29. The number of carbonyl (C=O) groups excluding carboxylic acids is 2. The van der Waals surface area contributed by atoms with E-state index in [4.69, 9.17) is 0 Å². The summed E-state index contributed by atoms with van der Waals surface area (Å²) in [7, 11) is 3.32. The van der Waals surface area contributed by atoms with E-state index in [1.165, 1.54) is 16.7 Å². The molecule has 0 bridgehead atoms. The number of amidine groups is 1. The summed E-state index contributed by atoms with van der Waals surface area (Å²) in [5.74, 6) is -0.236. The predicted molar refractivity (Wildman–Crippen MR) is 81.9 cm³/mol. The maximum Gasteiger partial charge on any atom is 0.242 e. The van der Waals surface area contributed by atoms with E-state index in [0.29, 0.717) is 5.17 Å². The van der Waals surface area contributed by atoms with Gasteiger partial charge in [-0.15, -0.1) is 0 Å². The maximum atomic E-state index is 12.0. The average molecular weight is 291 g/mol. The highest BCUT2D eigenvalue weighted by Crippen LogP contribution is 2.28. The summed E-state index contributed by atoms with van der Waals surface area (Å²) in [6.07, 6.45) is 0.154. The number of rotatable bonds is 3. The number of hydrogen-bond acceptors (Lipinski definition) is 4. The molecule has 1 aliphatic rings. The fraction of sp³-hybridized carbons (Fsp3) is 0.357. The second kappa shape index (κ2) is 6.09. The van der Waals surface area contributed by atoms with Crippen molar-refractivity contribution in [1.82, 2.24) is 4.90 Å². The molecule has 1 fully saturated rings. The molecule has 0 aromatic heterocycles. The lowest BCUT2D eigenvalue weighted by molar-refractivity contribution is -0.127. The Morgan fingerprint density at radius 1 is 1.40 bits per heavy atom. The molecule has 1 aromatic rings. The third-order valence-corrected chi connectivity index (χ3v) is 4.36. The Morgan fingerprint density at radius 3 is 2.60 bits per heavy atom. The summed E-state index contributed by atoms with van der Waals surface area (Å²) >= 11 is 1.33. The molecule has 1 atom stereocenters. The van der Waals surface area contributed by atoms with Crippen molar-refractivity contribution in [3.63, 3.8) is 0 Å². The summed E-state index contributed by atoms with van der Waals surface area (Å²) in [5, 5.41) is 3.07. The zero-order valence-electron chi connectivity index (χ0n) is 11.7. The molecule has 0 radical (unpaired) electrons. The Morgan fingerprint density at radius 2 is 2.05 bits per heavy atom. The van der Waals surface area contributed by atoms with Crippen LogP contribution in [0.1, 0.15) is 12.0 Å². The highest BCUT2D eigenvalue weighted by atomic mass is 32.2. The maximum absolute atomic E-state index is 12.0. The third kappa shape index (κ3) is 3.19. The van der Waals surface area contributed by atoms with E-state index in [2.05, 4.69) is 10.3 Å². The molecular weight excluding hydrogens is 274 g/mol. The van der Waals surface area contributed by atoms with Crippen LogP contribution in [-0.2, 0) is 9.59 Å². The molecule has 1 aromatic carbocycles. The minimum Gasteiger partial charge on any atom is -0.326 e. The van der Waals surface area contributed by atoms with Crippen molar-refractivity contribution in [3.8, 4) is 0 Å². The molecule has 2 rings (SSSR count). The van der Waals surface area contributed by atoms with Gasteiger partial charge in [0.15, 0.2) is 5.17 Å². The molecular formula is C14H17N3O2S. The van der Waals surface area contributed by atoms with Crippen LogP contribution in [0.25, 0.3) is 0 Å². The minimum atomic E-state index is -0.385. The Bertz CT molecular complexity index is 554. The highest BCUT2D eigenvalue weighted by Gasteiger charge is 2.36. The van der Waals surface area contributed by atoms with Gasteiger partial charge in [-0.3, -0.25) is 19.5 Å². The molecule has 1 heterocycles. The molecule has 5 nitrogen and oxygen atoms in total. The van der Waals surface area contributed by atoms with Gasteiger partial charge in [0.05, 0.1) is 0 Å². The van der Waals surface area contributed by atoms with Crippen LogP contribution in [0.2, 0.25) is 0 Å². The molecule has 6 heteroatoms. The zero-order valence-corrected chi connectivity index (χ0v) is 12.5. The number of anilines is 1. The van der Waals surface area contributed by atoms with Gasteiger partial charge < -0.3 is 5.32 Å². The number of nitrogens with zero attached hydrogens (tertiary/aromatic N) is 2. The number of thioether (sulfide) groups is 1. The summed E-state index contributed by atoms with van der Waals surface area (Å²) in [4.78, 5) is 29.4. The van der Waals surface area contributed by atoms with E-state index >= 15 is 0 Å². The van der Waals surface area contributed by atoms with Gasteiger partial charge in [-0.25, -0.2) is 0 Å². The number of nitrogens with one attached hydrogen (secondary N) is 1. The highest BCUT2D eigenvalue weighted by molar-refractivity contribution is 8.15. The van der Waals surface area contributed by atoms with Crippen LogP contribution in [0.4, 0.5) is 5.69 Å². The molecule has 1 aliphatic heterocycles. The molecule has 1 saturated heterocycles. The van der Waals surface area contributed by atoms with Crippen LogP contribution in [0.3, 0.4) is 0 Å². The topological polar surface area (TPSA) is 61.8 Å². The van der Waals surface area contributed by atoms with E-state index in [0.717, 1.165) is 11.3 Å². The summed E-state index contributed by atoms with van der Waals surface area (Å²) < 4.78 is 0. The van der Waals surface area contributed by atoms with Crippen LogP contribution in [0.15, 0.2) is 29.3 Å². The zero-order chi connectivity index (χ0) is 14.7. The Balaban J connectivity index is 1.95. The van der Waals surface area contributed by atoms with Gasteiger partial charge in [-0.05, 0) is 19.1 Å². The van der Waals surface area contributed by atoms with Gasteiger partial charge in [0, 0.05) is 26.2 Å². The molecule has 1 N–H and O–H groups in total. The van der Waals surface area contributed by atoms with E-state index in [9.17, 15) is 9.59 Å². The van der Waals surface area contributed by atoms with Gasteiger partial charge in [-0.2, -0.15) is 0 Å². The van der Waals surface area contributed by atoms with Crippen LogP contribution in [0.5, 0.6) is 0 Å². The first-order chi connectivity index (χ1) is 9.51. The largest absolute Gasteiger partial charge is 0.326 e. The van der Waals surface area contributed by atoms with E-state index in [-0.39, 0.29) is 23.5 Å². The molecule has 0 aliphatic carbocycles. The first kappa shape index (κ1) is 14.6. The number of benzene rings is 1. The van der Waals surface area contributed by atoms with Gasteiger partial charge in [0.2, 0.25) is 11.8 Å². The molecule has 0 unspecified atom stereocenters. The lowest BCUT2D eigenvalue weighted by Gasteiger charge is -2.09. The van der Waals surface area contributed by atoms with Crippen molar-refractivity contribution < 1.29 is 9.59 Å². The van der Waals surface area contributed by atoms with E-state index < -0.39 is 0 Å². The summed E-state index contributed by atoms with van der Waals surface area (Å²) in [6, 6.07) is 7.56. The molecule has 0 spiro atoms. The third-order valence-electron chi connectivity index (χ3n) is 3.04. The van der Waals surface area contributed by atoms with Gasteiger partial charge in [0.1, 0.15) is 5.25 Å². The number of carbonyl (C=O) groups is 2. The Hall–Kier alpha value is -1.82. The van der Waals surface area contributed by atoms with Crippen molar-refractivity contribution in [2.45, 2.75) is 18.6 Å². The summed E-state index contributed by atoms with van der Waals surface area (Å²) in [6.45, 7) is 1.99. The Kier molecular flexibility index (Phi) is 4.44. The van der Waals surface area contributed by atoms with Gasteiger partial charge in [-0.1, -0.05) is 29.5 Å². The number of aryl methyl sites for hydroxylation is 1. The second-order valence-electron chi connectivity index (χ2n) is 4.63. The SMILES string of the molecule is CN=C1S[C@@H](CC(=O)Nc2ccc(C)cc2)C(=O)N1C. The lowest BCUT2D eigenvalue weighted by Crippen LogP contribution is -2.30. The van der Waals surface area contributed by atoms with E-state index in [1.54, 1.807) is 14.1 Å². The molecule has 20 heavy (non-hydrogen) atoms. The molecule has 106 valence electrons. The number of hydrogen-bond donors (Lipinski definition) is 1. The minimum absolute atomic E-state index is 0.0744. The van der Waals surface area contributed by atoms with Crippen LogP contribution < -0.4 is 5.32 Å². The van der Waals surface area contributed by atoms with Crippen molar-refractivity contribution in [1.29, 1.82) is 0 Å². The molecule has 2 amide bonds. The van der Waals surface area contributed by atoms with Crippen molar-refractivity contribution >= 4 is 34.4 Å². The average Bonchev–Trinajstić information content (AvgIpc) is 2.69. The first-order valence-corrected chi connectivity index (χ1v) is 7.16. The normalized spacial score (nSPS) is 20.6.